The molecular weight excluding hydrogens is 492 g/mol. The van der Waals surface area contributed by atoms with Gasteiger partial charge >= 0.3 is 13.1 Å². The van der Waals surface area contributed by atoms with Gasteiger partial charge in [-0.15, -0.1) is 0 Å². The lowest BCUT2D eigenvalue weighted by Gasteiger charge is -2.40. The molecule has 38 heavy (non-hydrogen) atoms. The number of rotatable bonds is 7. The standard InChI is InChI=1S/C27H29BFN3O6/c1-2-25(38-18-6-3-16-15-37-28(36)21(16)11-18)31-9-7-30(8-10-31)24-13-23-19(12-22(24)29)26(33)20(27(34)35)14-32(23)17-4-5-17/h3,6,11-14,17,25,36H,2,4-5,7-10,15H2,1H3,(H,34,35). The van der Waals surface area contributed by atoms with Crippen molar-refractivity contribution in [2.75, 3.05) is 31.1 Å². The summed E-state index contributed by atoms with van der Waals surface area (Å²) in [5.41, 5.74) is 1.67. The van der Waals surface area contributed by atoms with Crippen molar-refractivity contribution < 1.29 is 28.7 Å². The number of nitrogens with zero attached hydrogens (tertiary/aromatic N) is 3. The molecule has 0 amide bonds. The van der Waals surface area contributed by atoms with Gasteiger partial charge in [0.05, 0.1) is 17.8 Å². The third kappa shape index (κ3) is 4.44. The maximum Gasteiger partial charge on any atom is 0.491 e. The van der Waals surface area contributed by atoms with Crippen LogP contribution in [-0.4, -0.2) is 65.1 Å². The van der Waals surface area contributed by atoms with Gasteiger partial charge in [-0.3, -0.25) is 9.69 Å². The summed E-state index contributed by atoms with van der Waals surface area (Å²) in [5, 5.41) is 19.6. The van der Waals surface area contributed by atoms with Crippen LogP contribution in [0.15, 0.2) is 41.3 Å². The van der Waals surface area contributed by atoms with Crippen LogP contribution >= 0.6 is 0 Å². The molecule has 0 spiro atoms. The zero-order valence-electron chi connectivity index (χ0n) is 21.1. The minimum absolute atomic E-state index is 0.0981. The first-order chi connectivity index (χ1) is 18.3. The lowest BCUT2D eigenvalue weighted by atomic mass is 9.79. The van der Waals surface area contributed by atoms with Gasteiger partial charge in [0, 0.05) is 43.8 Å². The van der Waals surface area contributed by atoms with Gasteiger partial charge in [-0.25, -0.2) is 9.18 Å². The van der Waals surface area contributed by atoms with E-state index in [1.54, 1.807) is 6.07 Å². The average Bonchev–Trinajstić information content (AvgIpc) is 3.70. The van der Waals surface area contributed by atoms with Gasteiger partial charge in [0.2, 0.25) is 5.43 Å². The minimum Gasteiger partial charge on any atom is -0.477 e. The van der Waals surface area contributed by atoms with Crippen molar-refractivity contribution in [2.24, 2.45) is 0 Å². The highest BCUT2D eigenvalue weighted by Crippen LogP contribution is 2.38. The Hall–Kier alpha value is -3.41. The van der Waals surface area contributed by atoms with Crippen molar-refractivity contribution >= 4 is 35.1 Å². The second-order valence-electron chi connectivity index (χ2n) is 10.2. The normalized spacial score (nSPS) is 18.6. The van der Waals surface area contributed by atoms with Crippen molar-refractivity contribution in [3.8, 4) is 5.75 Å². The number of anilines is 1. The van der Waals surface area contributed by atoms with Crippen LogP contribution in [0.1, 0.15) is 48.1 Å². The van der Waals surface area contributed by atoms with E-state index in [-0.39, 0.29) is 23.2 Å². The van der Waals surface area contributed by atoms with Crippen molar-refractivity contribution in [3.63, 3.8) is 0 Å². The predicted octanol–water partition coefficient (Wildman–Crippen LogP) is 2.33. The summed E-state index contributed by atoms with van der Waals surface area (Å²) in [6.45, 7) is 4.88. The summed E-state index contributed by atoms with van der Waals surface area (Å²) in [7, 11) is -0.930. The maximum absolute atomic E-state index is 15.3. The zero-order valence-corrected chi connectivity index (χ0v) is 21.1. The molecule has 3 aliphatic rings. The summed E-state index contributed by atoms with van der Waals surface area (Å²) >= 11 is 0. The molecule has 6 rings (SSSR count). The first kappa shape index (κ1) is 24.9. The fourth-order valence-corrected chi connectivity index (χ4v) is 5.50. The molecule has 1 aliphatic carbocycles. The van der Waals surface area contributed by atoms with Crippen molar-refractivity contribution in [3.05, 3.63) is 63.7 Å². The van der Waals surface area contributed by atoms with Crippen molar-refractivity contribution in [2.45, 2.75) is 45.1 Å². The number of piperazine rings is 1. The molecule has 1 saturated heterocycles. The predicted molar refractivity (Wildman–Crippen MR) is 141 cm³/mol. The maximum atomic E-state index is 15.3. The number of hydrogen-bond acceptors (Lipinski definition) is 7. The van der Waals surface area contributed by atoms with E-state index in [4.69, 9.17) is 9.39 Å². The Morgan fingerprint density at radius 3 is 2.66 bits per heavy atom. The molecule has 2 aromatic carbocycles. The molecular formula is C27H29BFN3O6. The molecule has 1 aromatic heterocycles. The first-order valence-electron chi connectivity index (χ1n) is 13.0. The highest BCUT2D eigenvalue weighted by Gasteiger charge is 2.31. The second-order valence-corrected chi connectivity index (χ2v) is 10.2. The molecule has 1 unspecified atom stereocenters. The Morgan fingerprint density at radius 2 is 1.97 bits per heavy atom. The van der Waals surface area contributed by atoms with Gasteiger partial charge in [-0.1, -0.05) is 13.0 Å². The molecule has 1 saturated carbocycles. The molecule has 2 N–H and O–H groups in total. The fraction of sp³-hybridized carbons (Fsp3) is 0.407. The zero-order chi connectivity index (χ0) is 26.6. The smallest absolute Gasteiger partial charge is 0.477 e. The second kappa shape index (κ2) is 9.72. The average molecular weight is 521 g/mol. The van der Waals surface area contributed by atoms with E-state index in [1.807, 2.05) is 34.6 Å². The number of carboxylic acid groups (broad SMARTS) is 1. The number of aromatic carboxylic acids is 1. The van der Waals surface area contributed by atoms with E-state index >= 15 is 4.39 Å². The van der Waals surface area contributed by atoms with Crippen LogP contribution in [0.4, 0.5) is 10.1 Å². The van der Waals surface area contributed by atoms with Crippen molar-refractivity contribution in [1.82, 2.24) is 9.47 Å². The Balaban J connectivity index is 1.21. The quantitative estimate of drug-likeness (QED) is 0.457. The first-order valence-corrected chi connectivity index (χ1v) is 13.0. The summed E-state index contributed by atoms with van der Waals surface area (Å²) in [5.74, 6) is -1.17. The molecule has 3 heterocycles. The van der Waals surface area contributed by atoms with Crippen molar-refractivity contribution in [1.29, 1.82) is 0 Å². The number of fused-ring (bicyclic) bond motifs is 2. The van der Waals surface area contributed by atoms with Gasteiger partial charge in [0.1, 0.15) is 17.1 Å². The SMILES string of the molecule is CCC(Oc1ccc2c(c1)B(O)OC2)N1CCN(c2cc3c(cc2F)c(=O)c(C(=O)O)cn3C2CC2)CC1. The van der Waals surface area contributed by atoms with Crippen LogP contribution in [0.3, 0.4) is 0 Å². The molecule has 2 aliphatic heterocycles. The number of pyridine rings is 1. The third-order valence-corrected chi connectivity index (χ3v) is 7.74. The van der Waals surface area contributed by atoms with Gasteiger partial charge in [-0.05, 0) is 54.6 Å². The van der Waals surface area contributed by atoms with Gasteiger partial charge in [0.25, 0.3) is 0 Å². The number of carbonyl (C=O) groups is 1. The highest BCUT2D eigenvalue weighted by atomic mass is 19.1. The summed E-state index contributed by atoms with van der Waals surface area (Å²) in [6.07, 6.45) is 3.77. The number of halogens is 1. The van der Waals surface area contributed by atoms with Gasteiger partial charge in [-0.2, -0.15) is 0 Å². The topological polar surface area (TPSA) is 104 Å². The molecule has 9 nitrogen and oxygen atoms in total. The van der Waals surface area contributed by atoms with E-state index in [2.05, 4.69) is 4.90 Å². The van der Waals surface area contributed by atoms with E-state index in [9.17, 15) is 19.7 Å². The van der Waals surface area contributed by atoms with E-state index in [1.165, 1.54) is 12.3 Å². The van der Waals surface area contributed by atoms with E-state index < -0.39 is 24.3 Å². The molecule has 0 bridgehead atoms. The third-order valence-electron chi connectivity index (χ3n) is 7.74. The lowest BCUT2D eigenvalue weighted by Crippen LogP contribution is -2.52. The number of carboxylic acids is 1. The van der Waals surface area contributed by atoms with Crippen LogP contribution in [0.2, 0.25) is 0 Å². The summed E-state index contributed by atoms with van der Waals surface area (Å²) in [4.78, 5) is 28.6. The van der Waals surface area contributed by atoms with Crippen LogP contribution in [0.25, 0.3) is 10.9 Å². The number of ether oxygens (including phenoxy) is 1. The highest BCUT2D eigenvalue weighted by molar-refractivity contribution is 6.61. The summed E-state index contributed by atoms with van der Waals surface area (Å²) in [6, 6.07) is 8.63. The number of hydrogen-bond donors (Lipinski definition) is 2. The molecule has 198 valence electrons. The van der Waals surface area contributed by atoms with Crippen LogP contribution < -0.4 is 20.5 Å². The molecule has 11 heteroatoms. The largest absolute Gasteiger partial charge is 0.491 e. The number of aromatic nitrogens is 1. The monoisotopic (exact) mass is 521 g/mol. The summed E-state index contributed by atoms with van der Waals surface area (Å²) < 4.78 is 28.7. The Kier molecular flexibility index (Phi) is 6.37. The number of benzene rings is 2. The van der Waals surface area contributed by atoms with Crippen LogP contribution in [-0.2, 0) is 11.3 Å². The molecule has 0 radical (unpaired) electrons. The molecule has 3 aromatic rings. The Bertz CT molecular complexity index is 1470. The molecule has 2 fully saturated rings. The Morgan fingerprint density at radius 1 is 1.21 bits per heavy atom. The van der Waals surface area contributed by atoms with E-state index in [0.29, 0.717) is 49.7 Å². The molecule has 1 atom stereocenters. The van der Waals surface area contributed by atoms with E-state index in [0.717, 1.165) is 30.3 Å². The Labute approximate surface area is 219 Å². The van der Waals surface area contributed by atoms with Gasteiger partial charge in [0.15, 0.2) is 6.23 Å². The van der Waals surface area contributed by atoms with Crippen LogP contribution in [0.5, 0.6) is 5.75 Å². The minimum atomic E-state index is -1.30. The lowest BCUT2D eigenvalue weighted by molar-refractivity contribution is 0.0185. The van der Waals surface area contributed by atoms with Gasteiger partial charge < -0.3 is 29.0 Å². The van der Waals surface area contributed by atoms with Crippen LogP contribution in [0, 0.1) is 5.82 Å². The fourth-order valence-electron chi connectivity index (χ4n) is 5.50.